The van der Waals surface area contributed by atoms with Gasteiger partial charge < -0.3 is 5.73 Å². The lowest BCUT2D eigenvalue weighted by Crippen LogP contribution is -2.36. The quantitative estimate of drug-likeness (QED) is 0.780. The van der Waals surface area contributed by atoms with Crippen molar-refractivity contribution < 1.29 is 0 Å². The molecule has 3 rings (SSSR count). The van der Waals surface area contributed by atoms with Crippen LogP contribution in [-0.4, -0.2) is 4.98 Å². The summed E-state index contributed by atoms with van der Waals surface area (Å²) in [5, 5.41) is 1.22. The van der Waals surface area contributed by atoms with Gasteiger partial charge in [-0.1, -0.05) is 38.5 Å². The largest absolute Gasteiger partial charge is 0.321 e. The second-order valence-electron chi connectivity index (χ2n) is 7.05. The molecule has 0 aliphatic heterocycles. The van der Waals surface area contributed by atoms with Crippen LogP contribution in [0.25, 0.3) is 10.9 Å². The minimum absolute atomic E-state index is 0.198. The molecule has 0 amide bonds. The smallest absolute Gasteiger partial charge is 0.0705 e. The van der Waals surface area contributed by atoms with Crippen LogP contribution in [0.3, 0.4) is 0 Å². The van der Waals surface area contributed by atoms with Gasteiger partial charge in [0.1, 0.15) is 0 Å². The van der Waals surface area contributed by atoms with Gasteiger partial charge in [0.25, 0.3) is 0 Å². The summed E-state index contributed by atoms with van der Waals surface area (Å²) in [6.45, 7) is 4.73. The maximum Gasteiger partial charge on any atom is 0.0705 e. The molecule has 1 heterocycles. The van der Waals surface area contributed by atoms with Crippen molar-refractivity contribution >= 4 is 10.9 Å². The number of rotatable bonds is 1. The van der Waals surface area contributed by atoms with Gasteiger partial charge in [-0.15, -0.1) is 0 Å². The summed E-state index contributed by atoms with van der Waals surface area (Å²) in [6.07, 6.45) is 7.67. The Morgan fingerprint density at radius 3 is 2.70 bits per heavy atom. The first-order chi connectivity index (χ1) is 9.50. The third-order valence-corrected chi connectivity index (χ3v) is 4.91. The van der Waals surface area contributed by atoms with Crippen molar-refractivity contribution in [3.63, 3.8) is 0 Å². The lowest BCUT2D eigenvalue weighted by molar-refractivity contribution is 0.299. The molecule has 1 aromatic carbocycles. The number of fused-ring (bicyclic) bond motifs is 1. The zero-order valence-electron chi connectivity index (χ0n) is 12.5. The number of hydrogen-bond acceptors (Lipinski definition) is 2. The van der Waals surface area contributed by atoms with Gasteiger partial charge in [-0.3, -0.25) is 4.98 Å². The van der Waals surface area contributed by atoms with Crippen LogP contribution >= 0.6 is 0 Å². The Labute approximate surface area is 121 Å². The Bertz CT molecular complexity index is 612. The molecule has 0 bridgehead atoms. The molecule has 1 aliphatic carbocycles. The van der Waals surface area contributed by atoms with E-state index in [1.165, 1.54) is 30.2 Å². The Kier molecular flexibility index (Phi) is 3.29. The molecule has 2 N–H and O–H groups in total. The molecule has 20 heavy (non-hydrogen) atoms. The van der Waals surface area contributed by atoms with Crippen LogP contribution in [-0.2, 0) is 5.54 Å². The predicted molar refractivity (Wildman–Crippen MR) is 84.5 cm³/mol. The zero-order valence-corrected chi connectivity index (χ0v) is 12.5. The summed E-state index contributed by atoms with van der Waals surface area (Å²) in [5.41, 5.74) is 9.39. The molecule has 2 heteroatoms. The van der Waals surface area contributed by atoms with Gasteiger partial charge in [-0.05, 0) is 48.8 Å². The molecule has 1 saturated carbocycles. The minimum atomic E-state index is -0.198. The van der Waals surface area contributed by atoms with Crippen molar-refractivity contribution in [3.05, 3.63) is 42.1 Å². The number of aromatic nitrogens is 1. The molecule has 106 valence electrons. The lowest BCUT2D eigenvalue weighted by atomic mass is 9.80. The number of nitrogens with zero attached hydrogens (tertiary/aromatic N) is 1. The Balaban J connectivity index is 2.05. The van der Waals surface area contributed by atoms with Crippen LogP contribution in [0.1, 0.15) is 51.5 Å². The van der Waals surface area contributed by atoms with Crippen LogP contribution in [0.2, 0.25) is 0 Å². The van der Waals surface area contributed by atoms with Crippen molar-refractivity contribution in [1.82, 2.24) is 4.98 Å². The van der Waals surface area contributed by atoms with E-state index in [0.717, 1.165) is 18.4 Å². The van der Waals surface area contributed by atoms with Gasteiger partial charge in [-0.2, -0.15) is 0 Å². The fourth-order valence-corrected chi connectivity index (χ4v) is 3.50. The van der Waals surface area contributed by atoms with E-state index in [-0.39, 0.29) is 5.54 Å². The molecular weight excluding hydrogens is 244 g/mol. The van der Waals surface area contributed by atoms with Crippen LogP contribution in [0.15, 0.2) is 36.5 Å². The SMILES string of the molecule is CC1(C)CCCC(N)(c2cccc3ncccc23)CC1. The van der Waals surface area contributed by atoms with Crippen molar-refractivity contribution in [3.8, 4) is 0 Å². The maximum atomic E-state index is 6.84. The Morgan fingerprint density at radius 1 is 1.00 bits per heavy atom. The third kappa shape index (κ3) is 2.45. The molecule has 0 spiro atoms. The first-order valence-corrected chi connectivity index (χ1v) is 7.63. The van der Waals surface area contributed by atoms with E-state index in [4.69, 9.17) is 5.73 Å². The third-order valence-electron chi connectivity index (χ3n) is 4.91. The zero-order chi connectivity index (χ0) is 14.2. The fraction of sp³-hybridized carbons (Fsp3) is 0.500. The monoisotopic (exact) mass is 268 g/mol. The van der Waals surface area contributed by atoms with Crippen LogP contribution in [0.5, 0.6) is 0 Å². The van der Waals surface area contributed by atoms with Crippen molar-refractivity contribution in [2.45, 2.75) is 51.5 Å². The van der Waals surface area contributed by atoms with Crippen LogP contribution < -0.4 is 5.73 Å². The molecule has 0 radical (unpaired) electrons. The van der Waals surface area contributed by atoms with Gasteiger partial charge in [0.05, 0.1) is 5.52 Å². The molecule has 2 nitrogen and oxygen atoms in total. The second-order valence-corrected chi connectivity index (χ2v) is 7.05. The number of pyridine rings is 1. The molecule has 1 fully saturated rings. The van der Waals surface area contributed by atoms with E-state index in [9.17, 15) is 0 Å². The number of benzene rings is 1. The topological polar surface area (TPSA) is 38.9 Å². The summed E-state index contributed by atoms with van der Waals surface area (Å²) in [7, 11) is 0. The van der Waals surface area contributed by atoms with Crippen LogP contribution in [0.4, 0.5) is 0 Å². The standard InChI is InChI=1S/C18H24N2/c1-17(2)9-5-10-18(19,12-11-17)15-7-3-8-16-14(15)6-4-13-20-16/h3-4,6-8,13H,5,9-12,19H2,1-2H3. The summed E-state index contributed by atoms with van der Waals surface area (Å²) in [5.74, 6) is 0. The molecule has 1 atom stereocenters. The Morgan fingerprint density at radius 2 is 1.85 bits per heavy atom. The summed E-state index contributed by atoms with van der Waals surface area (Å²) in [6, 6.07) is 10.5. The van der Waals surface area contributed by atoms with E-state index in [1.54, 1.807) is 0 Å². The van der Waals surface area contributed by atoms with Gasteiger partial charge in [-0.25, -0.2) is 0 Å². The van der Waals surface area contributed by atoms with E-state index in [2.05, 4.69) is 43.1 Å². The summed E-state index contributed by atoms with van der Waals surface area (Å²) < 4.78 is 0. The van der Waals surface area contributed by atoms with E-state index < -0.39 is 0 Å². The number of hydrogen-bond donors (Lipinski definition) is 1. The van der Waals surface area contributed by atoms with Crippen molar-refractivity contribution in [1.29, 1.82) is 0 Å². The molecule has 1 unspecified atom stereocenters. The van der Waals surface area contributed by atoms with E-state index >= 15 is 0 Å². The molecule has 2 aromatic rings. The molecule has 1 aromatic heterocycles. The molecule has 0 saturated heterocycles. The Hall–Kier alpha value is -1.41. The highest BCUT2D eigenvalue weighted by molar-refractivity contribution is 5.83. The highest BCUT2D eigenvalue weighted by Gasteiger charge is 2.34. The van der Waals surface area contributed by atoms with Gasteiger partial charge in [0.15, 0.2) is 0 Å². The van der Waals surface area contributed by atoms with Crippen molar-refractivity contribution in [2.24, 2.45) is 11.1 Å². The number of nitrogens with two attached hydrogens (primary N) is 1. The lowest BCUT2D eigenvalue weighted by Gasteiger charge is -2.31. The average Bonchev–Trinajstić information content (AvgIpc) is 2.58. The van der Waals surface area contributed by atoms with Gasteiger partial charge in [0, 0.05) is 17.1 Å². The first kappa shape index (κ1) is 13.6. The maximum absolute atomic E-state index is 6.84. The molecular formula is C18H24N2. The van der Waals surface area contributed by atoms with E-state index in [1.807, 2.05) is 12.3 Å². The predicted octanol–water partition coefficient (Wildman–Crippen LogP) is 4.38. The van der Waals surface area contributed by atoms with Crippen molar-refractivity contribution in [2.75, 3.05) is 0 Å². The minimum Gasteiger partial charge on any atom is -0.321 e. The fourth-order valence-electron chi connectivity index (χ4n) is 3.50. The van der Waals surface area contributed by atoms with Gasteiger partial charge in [0.2, 0.25) is 0 Å². The highest BCUT2D eigenvalue weighted by Crippen LogP contribution is 2.42. The normalized spacial score (nSPS) is 26.4. The summed E-state index contributed by atoms with van der Waals surface area (Å²) >= 11 is 0. The van der Waals surface area contributed by atoms with Gasteiger partial charge >= 0.3 is 0 Å². The van der Waals surface area contributed by atoms with Crippen LogP contribution in [0, 0.1) is 5.41 Å². The average molecular weight is 268 g/mol. The first-order valence-electron chi connectivity index (χ1n) is 7.63. The molecule has 1 aliphatic rings. The summed E-state index contributed by atoms with van der Waals surface area (Å²) in [4.78, 5) is 4.46. The highest BCUT2D eigenvalue weighted by atomic mass is 14.8. The second kappa shape index (κ2) is 4.85. The van der Waals surface area contributed by atoms with E-state index in [0.29, 0.717) is 5.41 Å².